The number of hydrogen-bond acceptors (Lipinski definition) is 3. The van der Waals surface area contributed by atoms with Crippen molar-refractivity contribution in [3.63, 3.8) is 0 Å². The molecule has 0 bridgehead atoms. The van der Waals surface area contributed by atoms with Crippen LogP contribution in [-0.2, 0) is 0 Å². The fraction of sp³-hybridized carbons (Fsp3) is 0.611. The predicted molar refractivity (Wildman–Crippen MR) is 88.5 cm³/mol. The minimum Gasteiger partial charge on any atom is -0.487 e. The summed E-state index contributed by atoms with van der Waals surface area (Å²) in [6.45, 7) is 4.06. The number of rotatable bonds is 3. The molecule has 5 nitrogen and oxygen atoms in total. The highest BCUT2D eigenvalue weighted by Crippen LogP contribution is 2.39. The molecule has 3 rings (SSSR count). The first-order valence-electron chi connectivity index (χ1n) is 8.41. The number of ether oxygens (including phenoxy) is 1. The van der Waals surface area contributed by atoms with Gasteiger partial charge < -0.3 is 20.5 Å². The molecule has 0 spiro atoms. The zero-order chi connectivity index (χ0) is 16.5. The van der Waals surface area contributed by atoms with Crippen molar-refractivity contribution in [2.24, 2.45) is 0 Å². The molecule has 1 aromatic rings. The maximum Gasteiger partial charge on any atom is 0.315 e. The minimum atomic E-state index is -0.454. The lowest BCUT2D eigenvalue weighted by Crippen LogP contribution is -2.54. The van der Waals surface area contributed by atoms with E-state index in [0.29, 0.717) is 6.42 Å². The number of carbonyl (C=O) groups excluding carboxylic acids is 1. The Morgan fingerprint density at radius 1 is 1.30 bits per heavy atom. The van der Waals surface area contributed by atoms with Gasteiger partial charge in [-0.1, -0.05) is 31.0 Å². The number of nitrogens with one attached hydrogen (secondary N) is 2. The van der Waals surface area contributed by atoms with Gasteiger partial charge in [-0.3, -0.25) is 0 Å². The van der Waals surface area contributed by atoms with Crippen LogP contribution in [0.5, 0.6) is 5.75 Å². The third-order valence-electron chi connectivity index (χ3n) is 4.92. The molecule has 5 heteroatoms. The third kappa shape index (κ3) is 3.44. The summed E-state index contributed by atoms with van der Waals surface area (Å²) in [4.78, 5) is 12.5. The number of carbonyl (C=O) groups is 1. The van der Waals surface area contributed by atoms with Gasteiger partial charge in [0.1, 0.15) is 11.4 Å². The number of benzene rings is 1. The van der Waals surface area contributed by atoms with Crippen LogP contribution < -0.4 is 15.4 Å². The van der Waals surface area contributed by atoms with Crippen LogP contribution in [0.25, 0.3) is 0 Å². The molecule has 1 fully saturated rings. The van der Waals surface area contributed by atoms with Crippen molar-refractivity contribution >= 4 is 6.03 Å². The van der Waals surface area contributed by atoms with Gasteiger partial charge in [-0.15, -0.1) is 0 Å². The van der Waals surface area contributed by atoms with E-state index in [1.165, 1.54) is 0 Å². The van der Waals surface area contributed by atoms with Crippen molar-refractivity contribution in [2.45, 2.75) is 63.1 Å². The van der Waals surface area contributed by atoms with Gasteiger partial charge in [0.25, 0.3) is 0 Å². The number of urea groups is 1. The van der Waals surface area contributed by atoms with Gasteiger partial charge in [-0.05, 0) is 32.8 Å². The molecule has 0 radical (unpaired) electrons. The highest BCUT2D eigenvalue weighted by Gasteiger charge is 2.37. The standard InChI is InChI=1S/C18H26N2O3/c1-17(2)11-14(13-7-3-4-8-15(13)23-17)19-16(22)20-18(12-21)9-5-6-10-18/h3-4,7-8,14,21H,5-6,9-12H2,1-2H3,(H2,19,20,22). The predicted octanol–water partition coefficient (Wildman–Crippen LogP) is 2.89. The van der Waals surface area contributed by atoms with Gasteiger partial charge in [0, 0.05) is 12.0 Å². The van der Waals surface area contributed by atoms with Gasteiger partial charge in [-0.2, -0.15) is 0 Å². The second kappa shape index (κ2) is 6.04. The van der Waals surface area contributed by atoms with Crippen molar-refractivity contribution in [1.82, 2.24) is 10.6 Å². The maximum atomic E-state index is 12.5. The molecule has 3 N–H and O–H groups in total. The molecule has 1 saturated carbocycles. The van der Waals surface area contributed by atoms with E-state index in [-0.39, 0.29) is 24.3 Å². The summed E-state index contributed by atoms with van der Waals surface area (Å²) in [6.07, 6.45) is 4.49. The average molecular weight is 318 g/mol. The van der Waals surface area contributed by atoms with E-state index in [2.05, 4.69) is 10.6 Å². The Balaban J connectivity index is 1.73. The highest BCUT2D eigenvalue weighted by atomic mass is 16.5. The molecule has 1 aromatic carbocycles. The Hall–Kier alpha value is -1.75. The smallest absolute Gasteiger partial charge is 0.315 e. The van der Waals surface area contributed by atoms with Crippen molar-refractivity contribution in [3.8, 4) is 5.75 Å². The summed E-state index contributed by atoms with van der Waals surface area (Å²) in [5.74, 6) is 0.826. The van der Waals surface area contributed by atoms with E-state index < -0.39 is 5.54 Å². The van der Waals surface area contributed by atoms with Crippen LogP contribution in [0.15, 0.2) is 24.3 Å². The minimum absolute atomic E-state index is 0.00369. The van der Waals surface area contributed by atoms with Crippen LogP contribution in [0.1, 0.15) is 57.6 Å². The number of hydrogen-bond donors (Lipinski definition) is 3. The first-order chi connectivity index (χ1) is 10.9. The molecule has 1 unspecified atom stereocenters. The fourth-order valence-corrected chi connectivity index (χ4v) is 3.74. The van der Waals surface area contributed by atoms with Gasteiger partial charge in [0.15, 0.2) is 0 Å². The third-order valence-corrected chi connectivity index (χ3v) is 4.92. The summed E-state index contributed by atoms with van der Waals surface area (Å²) in [5.41, 5.74) is 0.227. The lowest BCUT2D eigenvalue weighted by atomic mass is 9.90. The lowest BCUT2D eigenvalue weighted by molar-refractivity contribution is 0.0672. The molecule has 1 aliphatic carbocycles. The SMILES string of the molecule is CC1(C)CC(NC(=O)NC2(CO)CCCC2)c2ccccc2O1. The van der Waals surface area contributed by atoms with E-state index in [0.717, 1.165) is 37.0 Å². The molecule has 126 valence electrons. The van der Waals surface area contributed by atoms with Gasteiger partial charge in [0.05, 0.1) is 18.2 Å². The van der Waals surface area contributed by atoms with Crippen molar-refractivity contribution in [1.29, 1.82) is 0 Å². The Morgan fingerprint density at radius 3 is 2.70 bits per heavy atom. The number of fused-ring (bicyclic) bond motifs is 1. The zero-order valence-corrected chi connectivity index (χ0v) is 13.9. The summed E-state index contributed by atoms with van der Waals surface area (Å²) >= 11 is 0. The molecule has 2 aliphatic rings. The monoisotopic (exact) mass is 318 g/mol. The number of amides is 2. The topological polar surface area (TPSA) is 70.6 Å². The van der Waals surface area contributed by atoms with Crippen molar-refractivity contribution in [3.05, 3.63) is 29.8 Å². The van der Waals surface area contributed by atoms with Crippen LogP contribution in [0.4, 0.5) is 4.79 Å². The Bertz CT molecular complexity index is 579. The van der Waals surface area contributed by atoms with Gasteiger partial charge in [0.2, 0.25) is 0 Å². The molecule has 1 aliphatic heterocycles. The molecular weight excluding hydrogens is 292 g/mol. The Kier molecular flexibility index (Phi) is 4.23. The number of aliphatic hydroxyl groups is 1. The molecule has 1 heterocycles. The molecule has 2 amide bonds. The number of para-hydroxylation sites is 1. The summed E-state index contributed by atoms with van der Waals surface area (Å²) in [5, 5.41) is 15.7. The summed E-state index contributed by atoms with van der Waals surface area (Å²) in [6, 6.07) is 7.53. The van der Waals surface area contributed by atoms with Gasteiger partial charge >= 0.3 is 6.03 Å². The van der Waals surface area contributed by atoms with Crippen LogP contribution in [0.2, 0.25) is 0 Å². The second-order valence-electron chi connectivity index (χ2n) is 7.40. The van der Waals surface area contributed by atoms with E-state index in [1.807, 2.05) is 38.1 Å². The largest absolute Gasteiger partial charge is 0.487 e. The molecule has 1 atom stereocenters. The van der Waals surface area contributed by atoms with Crippen LogP contribution in [-0.4, -0.2) is 28.9 Å². The maximum absolute atomic E-state index is 12.5. The first-order valence-corrected chi connectivity index (χ1v) is 8.41. The van der Waals surface area contributed by atoms with Crippen molar-refractivity contribution in [2.75, 3.05) is 6.61 Å². The molecular formula is C18H26N2O3. The first kappa shape index (κ1) is 16.1. The number of aliphatic hydroxyl groups excluding tert-OH is 1. The Morgan fingerprint density at radius 2 is 2.00 bits per heavy atom. The van der Waals surface area contributed by atoms with Crippen LogP contribution in [0.3, 0.4) is 0 Å². The van der Waals surface area contributed by atoms with Crippen molar-refractivity contribution < 1.29 is 14.6 Å². The summed E-state index contributed by atoms with van der Waals surface area (Å²) in [7, 11) is 0. The summed E-state index contributed by atoms with van der Waals surface area (Å²) < 4.78 is 5.99. The van der Waals surface area contributed by atoms with Crippen LogP contribution >= 0.6 is 0 Å². The average Bonchev–Trinajstić information content (AvgIpc) is 2.95. The Labute approximate surface area is 137 Å². The fourth-order valence-electron chi connectivity index (χ4n) is 3.74. The highest BCUT2D eigenvalue weighted by molar-refractivity contribution is 5.75. The quantitative estimate of drug-likeness (QED) is 0.802. The molecule has 0 saturated heterocycles. The van der Waals surface area contributed by atoms with Gasteiger partial charge in [-0.25, -0.2) is 4.79 Å². The lowest BCUT2D eigenvalue weighted by Gasteiger charge is -2.38. The van der Waals surface area contributed by atoms with E-state index >= 15 is 0 Å². The normalized spacial score (nSPS) is 24.4. The van der Waals surface area contributed by atoms with E-state index in [1.54, 1.807) is 0 Å². The zero-order valence-electron chi connectivity index (χ0n) is 13.9. The van der Waals surface area contributed by atoms with E-state index in [4.69, 9.17) is 4.74 Å². The molecule has 0 aromatic heterocycles. The van der Waals surface area contributed by atoms with E-state index in [9.17, 15) is 9.90 Å². The second-order valence-corrected chi connectivity index (χ2v) is 7.40. The molecule has 23 heavy (non-hydrogen) atoms. The van der Waals surface area contributed by atoms with Crippen LogP contribution in [0, 0.1) is 0 Å².